The molecule has 0 radical (unpaired) electrons. The van der Waals surface area contributed by atoms with Crippen LogP contribution in [0.1, 0.15) is 22.8 Å². The Balaban J connectivity index is 1.52. The Labute approximate surface area is 191 Å². The van der Waals surface area contributed by atoms with Gasteiger partial charge in [-0.25, -0.2) is 13.2 Å². The Morgan fingerprint density at radius 1 is 1.09 bits per heavy atom. The third-order valence-electron chi connectivity index (χ3n) is 5.75. The molecule has 0 aromatic heterocycles. The number of sulfonamides is 1. The van der Waals surface area contributed by atoms with Crippen molar-refractivity contribution in [2.24, 2.45) is 0 Å². The van der Waals surface area contributed by atoms with Crippen LogP contribution < -0.4 is 19.1 Å². The van der Waals surface area contributed by atoms with Crippen LogP contribution in [0.2, 0.25) is 0 Å². The molecule has 2 aliphatic heterocycles. The van der Waals surface area contributed by atoms with Gasteiger partial charge in [0.1, 0.15) is 18.8 Å². The maximum atomic E-state index is 13.2. The van der Waals surface area contributed by atoms with Crippen LogP contribution in [0.3, 0.4) is 0 Å². The first-order valence-electron chi connectivity index (χ1n) is 10.1. The van der Waals surface area contributed by atoms with Crippen molar-refractivity contribution in [3.8, 4) is 11.5 Å². The molecule has 33 heavy (non-hydrogen) atoms. The van der Waals surface area contributed by atoms with Gasteiger partial charge < -0.3 is 14.8 Å². The number of anilines is 1. The predicted molar refractivity (Wildman–Crippen MR) is 119 cm³/mol. The molecule has 10 nitrogen and oxygen atoms in total. The molecule has 2 aromatic carbocycles. The van der Waals surface area contributed by atoms with Gasteiger partial charge in [-0.15, -0.1) is 0 Å². The molecule has 1 fully saturated rings. The highest BCUT2D eigenvalue weighted by molar-refractivity contribution is 7.92. The fraction of sp³-hybridized carbons (Fsp3) is 0.318. The van der Waals surface area contributed by atoms with Crippen molar-refractivity contribution in [3.05, 3.63) is 53.6 Å². The molecule has 1 saturated heterocycles. The minimum Gasteiger partial charge on any atom is -0.486 e. The number of carbonyl (C=O) groups excluding carboxylic acids is 3. The predicted octanol–water partition coefficient (Wildman–Crippen LogP) is 1.50. The standard InChI is InChI=1S/C22H23N3O7S/c1-22(15-6-9-18-19(12-15)32-11-10-31-18)20(27)25(21(28)23-22)13-17(26)14-4-7-16(8-5-14)24(2)33(3,29)30/h4-9,12H,10-11,13H2,1-3H3,(H,23,28). The second-order valence-electron chi connectivity index (χ2n) is 8.01. The van der Waals surface area contributed by atoms with Gasteiger partial charge in [0.15, 0.2) is 17.3 Å². The topological polar surface area (TPSA) is 122 Å². The Hall–Kier alpha value is -3.60. The molecule has 0 spiro atoms. The Morgan fingerprint density at radius 2 is 1.73 bits per heavy atom. The van der Waals surface area contributed by atoms with Crippen LogP contribution in [0.25, 0.3) is 0 Å². The van der Waals surface area contributed by atoms with Crippen LogP contribution in [0.4, 0.5) is 10.5 Å². The van der Waals surface area contributed by atoms with Crippen LogP contribution in [-0.4, -0.2) is 64.1 Å². The summed E-state index contributed by atoms with van der Waals surface area (Å²) < 4.78 is 35.5. The van der Waals surface area contributed by atoms with E-state index in [2.05, 4.69) is 5.32 Å². The first-order valence-corrected chi connectivity index (χ1v) is 12.0. The average Bonchev–Trinajstić information content (AvgIpc) is 3.01. The average molecular weight is 474 g/mol. The number of Topliss-reactive ketones (excluding diaryl/α,β-unsaturated/α-hetero) is 1. The van der Waals surface area contributed by atoms with Crippen LogP contribution in [0.15, 0.2) is 42.5 Å². The van der Waals surface area contributed by atoms with Gasteiger partial charge in [0.05, 0.1) is 18.5 Å². The third-order valence-corrected chi connectivity index (χ3v) is 6.95. The summed E-state index contributed by atoms with van der Waals surface area (Å²) in [7, 11) is -2.04. The fourth-order valence-electron chi connectivity index (χ4n) is 3.67. The maximum Gasteiger partial charge on any atom is 0.325 e. The lowest BCUT2D eigenvalue weighted by molar-refractivity contribution is -0.130. The summed E-state index contributed by atoms with van der Waals surface area (Å²) in [5.41, 5.74) is -0.229. The molecule has 11 heteroatoms. The van der Waals surface area contributed by atoms with E-state index in [0.29, 0.717) is 36.0 Å². The van der Waals surface area contributed by atoms with E-state index in [0.717, 1.165) is 15.5 Å². The number of nitrogens with zero attached hydrogens (tertiary/aromatic N) is 2. The van der Waals surface area contributed by atoms with E-state index in [1.165, 1.54) is 31.3 Å². The number of urea groups is 1. The number of ether oxygens (including phenoxy) is 2. The highest BCUT2D eigenvalue weighted by Crippen LogP contribution is 2.36. The molecule has 0 saturated carbocycles. The summed E-state index contributed by atoms with van der Waals surface area (Å²) in [5.74, 6) is 0.0162. The zero-order chi connectivity index (χ0) is 24.0. The molecule has 4 rings (SSSR count). The van der Waals surface area contributed by atoms with Gasteiger partial charge in [-0.3, -0.25) is 18.8 Å². The Kier molecular flexibility index (Phi) is 5.52. The maximum absolute atomic E-state index is 13.2. The quantitative estimate of drug-likeness (QED) is 0.498. The van der Waals surface area contributed by atoms with Crippen molar-refractivity contribution in [1.82, 2.24) is 10.2 Å². The number of imide groups is 1. The van der Waals surface area contributed by atoms with Crippen LogP contribution in [0, 0.1) is 0 Å². The molecule has 1 unspecified atom stereocenters. The number of benzene rings is 2. The Morgan fingerprint density at radius 3 is 2.36 bits per heavy atom. The molecule has 1 atom stereocenters. The zero-order valence-electron chi connectivity index (χ0n) is 18.3. The van der Waals surface area contributed by atoms with Crippen molar-refractivity contribution in [2.75, 3.05) is 37.4 Å². The molecule has 1 N–H and O–H groups in total. The van der Waals surface area contributed by atoms with Gasteiger partial charge >= 0.3 is 6.03 Å². The number of amides is 3. The van der Waals surface area contributed by atoms with Gasteiger partial charge in [0.2, 0.25) is 10.0 Å². The Bertz CT molecular complexity index is 1240. The zero-order valence-corrected chi connectivity index (χ0v) is 19.1. The van der Waals surface area contributed by atoms with Crippen molar-refractivity contribution in [2.45, 2.75) is 12.5 Å². The highest BCUT2D eigenvalue weighted by Gasteiger charge is 2.49. The van der Waals surface area contributed by atoms with Crippen LogP contribution in [0.5, 0.6) is 11.5 Å². The number of hydrogen-bond acceptors (Lipinski definition) is 7. The van der Waals surface area contributed by atoms with E-state index >= 15 is 0 Å². The lowest BCUT2D eigenvalue weighted by Gasteiger charge is -2.25. The van der Waals surface area contributed by atoms with E-state index < -0.39 is 39.8 Å². The molecule has 3 amide bonds. The monoisotopic (exact) mass is 473 g/mol. The molecule has 2 aromatic rings. The molecule has 174 valence electrons. The number of nitrogens with one attached hydrogen (secondary N) is 1. The van der Waals surface area contributed by atoms with Gasteiger partial charge in [0.25, 0.3) is 5.91 Å². The summed E-state index contributed by atoms with van der Waals surface area (Å²) in [6, 6.07) is 10.2. The van der Waals surface area contributed by atoms with E-state index in [9.17, 15) is 22.8 Å². The summed E-state index contributed by atoms with van der Waals surface area (Å²) in [6.45, 7) is 1.93. The third kappa shape index (κ3) is 4.11. The van der Waals surface area contributed by atoms with Crippen molar-refractivity contribution >= 4 is 33.4 Å². The van der Waals surface area contributed by atoms with Crippen LogP contribution in [-0.2, 0) is 20.4 Å². The lowest BCUT2D eigenvalue weighted by Crippen LogP contribution is -2.41. The number of hydrogen-bond donors (Lipinski definition) is 1. The molecular formula is C22H23N3O7S. The fourth-order valence-corrected chi connectivity index (χ4v) is 4.18. The lowest BCUT2D eigenvalue weighted by atomic mass is 9.91. The number of carbonyl (C=O) groups is 3. The molecule has 2 heterocycles. The summed E-state index contributed by atoms with van der Waals surface area (Å²) in [6.07, 6.45) is 1.07. The van der Waals surface area contributed by atoms with Gasteiger partial charge in [-0.1, -0.05) is 6.07 Å². The summed E-state index contributed by atoms with van der Waals surface area (Å²) in [5, 5.41) is 2.67. The summed E-state index contributed by atoms with van der Waals surface area (Å²) >= 11 is 0. The number of ketones is 1. The van der Waals surface area contributed by atoms with Gasteiger partial charge in [0, 0.05) is 12.6 Å². The van der Waals surface area contributed by atoms with Crippen molar-refractivity contribution in [3.63, 3.8) is 0 Å². The number of rotatable bonds is 6. The van der Waals surface area contributed by atoms with Crippen molar-refractivity contribution < 1.29 is 32.3 Å². The minimum absolute atomic E-state index is 0.245. The number of fused-ring (bicyclic) bond motifs is 1. The van der Waals surface area contributed by atoms with Gasteiger partial charge in [-0.05, 0) is 48.9 Å². The molecule has 2 aliphatic rings. The largest absolute Gasteiger partial charge is 0.486 e. The minimum atomic E-state index is -3.44. The molecular weight excluding hydrogens is 450 g/mol. The first-order chi connectivity index (χ1) is 15.5. The normalized spacial score (nSPS) is 19.9. The SMILES string of the molecule is CN(c1ccc(C(=O)CN2C(=O)NC(C)(c3ccc4c(c3)OCCO4)C2=O)cc1)S(C)(=O)=O. The second kappa shape index (κ2) is 8.07. The smallest absolute Gasteiger partial charge is 0.325 e. The van der Waals surface area contributed by atoms with E-state index in [1.54, 1.807) is 25.1 Å². The molecule has 0 bridgehead atoms. The van der Waals surface area contributed by atoms with Crippen molar-refractivity contribution in [1.29, 1.82) is 0 Å². The second-order valence-corrected chi connectivity index (χ2v) is 10.0. The van der Waals surface area contributed by atoms with Gasteiger partial charge in [-0.2, -0.15) is 0 Å². The van der Waals surface area contributed by atoms with E-state index in [1.807, 2.05) is 0 Å². The van der Waals surface area contributed by atoms with E-state index in [-0.39, 0.29) is 5.56 Å². The summed E-state index contributed by atoms with van der Waals surface area (Å²) in [4.78, 5) is 39.4. The first kappa shape index (κ1) is 22.6. The van der Waals surface area contributed by atoms with Crippen LogP contribution >= 0.6 is 0 Å². The molecule has 0 aliphatic carbocycles. The van der Waals surface area contributed by atoms with E-state index in [4.69, 9.17) is 9.47 Å². The highest BCUT2D eigenvalue weighted by atomic mass is 32.2.